The Bertz CT molecular complexity index is 1300. The highest BCUT2D eigenvalue weighted by Gasteiger charge is 2.41. The normalized spacial score (nSPS) is 22.4. The second kappa shape index (κ2) is 9.81. The number of rotatable bonds is 4. The molecule has 200 valence electrons. The summed E-state index contributed by atoms with van der Waals surface area (Å²) in [5.74, 6) is 1.19. The highest BCUT2D eigenvalue weighted by Crippen LogP contribution is 2.40. The Morgan fingerprint density at radius 2 is 1.82 bits per heavy atom. The van der Waals surface area contributed by atoms with Crippen LogP contribution in [0.15, 0.2) is 30.6 Å². The van der Waals surface area contributed by atoms with Crippen molar-refractivity contribution in [2.75, 3.05) is 56.2 Å². The van der Waals surface area contributed by atoms with Crippen molar-refractivity contribution < 1.29 is 9.53 Å². The molecule has 2 N–H and O–H groups in total. The van der Waals surface area contributed by atoms with E-state index in [2.05, 4.69) is 41.0 Å². The Morgan fingerprint density at radius 1 is 1.00 bits per heavy atom. The van der Waals surface area contributed by atoms with Crippen molar-refractivity contribution >= 4 is 34.4 Å². The predicted octanol–water partition coefficient (Wildman–Crippen LogP) is 3.27. The molecule has 2 saturated heterocycles. The van der Waals surface area contributed by atoms with Crippen LogP contribution in [0.3, 0.4) is 0 Å². The van der Waals surface area contributed by atoms with E-state index in [-0.39, 0.29) is 11.4 Å². The number of piperidine rings is 1. The lowest BCUT2D eigenvalue weighted by Crippen LogP contribution is -2.52. The average molecular weight is 517 g/mol. The molecule has 6 heterocycles. The molecule has 1 spiro atoms. The Labute approximate surface area is 222 Å². The van der Waals surface area contributed by atoms with E-state index in [4.69, 9.17) is 9.72 Å². The molecular formula is C28H36N8O2. The van der Waals surface area contributed by atoms with Gasteiger partial charge >= 0.3 is 0 Å². The van der Waals surface area contributed by atoms with Crippen molar-refractivity contribution in [3.8, 4) is 0 Å². The summed E-state index contributed by atoms with van der Waals surface area (Å²) in [6, 6.07) is 6.72. The van der Waals surface area contributed by atoms with E-state index < -0.39 is 0 Å². The Hall–Kier alpha value is -3.24. The lowest BCUT2D eigenvalue weighted by atomic mass is 9.80. The average Bonchev–Trinajstić information content (AvgIpc) is 3.38. The monoisotopic (exact) mass is 516 g/mol. The third-order valence-electron chi connectivity index (χ3n) is 8.99. The number of ether oxygens (including phenoxy) is 1. The minimum atomic E-state index is -0.0933. The van der Waals surface area contributed by atoms with Gasteiger partial charge in [0, 0.05) is 50.3 Å². The maximum Gasteiger partial charge on any atom is 0.268 e. The number of carbonyl (C=O) groups is 1. The number of nitrogens with zero attached hydrogens (tertiary/aromatic N) is 6. The predicted molar refractivity (Wildman–Crippen MR) is 146 cm³/mol. The van der Waals surface area contributed by atoms with Crippen LogP contribution in [0.5, 0.6) is 0 Å². The van der Waals surface area contributed by atoms with Crippen LogP contribution in [0.25, 0.3) is 11.0 Å². The van der Waals surface area contributed by atoms with Crippen molar-refractivity contribution in [3.05, 3.63) is 36.3 Å². The van der Waals surface area contributed by atoms with Crippen LogP contribution in [-0.4, -0.2) is 82.3 Å². The van der Waals surface area contributed by atoms with Crippen LogP contribution >= 0.6 is 0 Å². The van der Waals surface area contributed by atoms with E-state index in [9.17, 15) is 4.79 Å². The second-order valence-corrected chi connectivity index (χ2v) is 11.2. The minimum Gasteiger partial charge on any atom is -0.379 e. The molecule has 7 rings (SSSR count). The number of anilines is 3. The Morgan fingerprint density at radius 3 is 2.58 bits per heavy atom. The van der Waals surface area contributed by atoms with E-state index in [0.717, 1.165) is 69.0 Å². The molecule has 1 saturated carbocycles. The highest BCUT2D eigenvalue weighted by molar-refractivity contribution is 5.99. The molecule has 10 heteroatoms. The first-order valence-electron chi connectivity index (χ1n) is 14.2. The topological polar surface area (TPSA) is 100 Å². The second-order valence-electron chi connectivity index (χ2n) is 11.2. The number of amides is 1. The van der Waals surface area contributed by atoms with Gasteiger partial charge in [-0.05, 0) is 43.9 Å². The summed E-state index contributed by atoms with van der Waals surface area (Å²) in [5.41, 5.74) is 2.58. The number of fused-ring (bicyclic) bond motifs is 4. The number of nitrogens with one attached hydrogen (secondary N) is 2. The van der Waals surface area contributed by atoms with E-state index >= 15 is 0 Å². The van der Waals surface area contributed by atoms with Crippen molar-refractivity contribution in [3.63, 3.8) is 0 Å². The third kappa shape index (κ3) is 4.29. The Balaban J connectivity index is 1.07. The summed E-state index contributed by atoms with van der Waals surface area (Å²) in [6.45, 7) is 6.59. The standard InChI is InChI=1S/C28H36N8O2/c37-26-23-16-20-17-30-27(33-25(20)36(23)28(19-31-26)8-2-1-3-9-28)32-24-5-4-22(18-29-24)34-10-6-21(7-11-34)35-12-14-38-15-13-35/h4-5,16-18,21H,1-3,6-15,19H2,(H,31,37)(H,29,30,32,33). The Kier molecular flexibility index (Phi) is 6.16. The molecular weight excluding hydrogens is 480 g/mol. The fraction of sp³-hybridized carbons (Fsp3) is 0.571. The quantitative estimate of drug-likeness (QED) is 0.545. The first-order valence-corrected chi connectivity index (χ1v) is 14.2. The van der Waals surface area contributed by atoms with Gasteiger partial charge in [-0.15, -0.1) is 0 Å². The molecule has 3 aromatic rings. The SMILES string of the molecule is O=C1NCC2(CCCCC2)n2c1cc1cnc(Nc3ccc(N4CCC(N5CCOCC5)CC4)cn3)nc12. The van der Waals surface area contributed by atoms with Gasteiger partial charge in [-0.25, -0.2) is 9.97 Å². The smallest absolute Gasteiger partial charge is 0.268 e. The zero-order valence-electron chi connectivity index (χ0n) is 21.9. The molecule has 1 amide bonds. The van der Waals surface area contributed by atoms with Gasteiger partial charge < -0.3 is 24.8 Å². The summed E-state index contributed by atoms with van der Waals surface area (Å²) in [6.07, 6.45) is 11.8. The third-order valence-corrected chi connectivity index (χ3v) is 8.99. The molecule has 10 nitrogen and oxygen atoms in total. The van der Waals surface area contributed by atoms with Crippen molar-refractivity contribution in [2.45, 2.75) is 56.5 Å². The van der Waals surface area contributed by atoms with Crippen LogP contribution in [-0.2, 0) is 10.3 Å². The summed E-state index contributed by atoms with van der Waals surface area (Å²) in [7, 11) is 0. The molecule has 0 radical (unpaired) electrons. The molecule has 3 fully saturated rings. The number of pyridine rings is 1. The summed E-state index contributed by atoms with van der Waals surface area (Å²) in [5, 5.41) is 7.31. The summed E-state index contributed by atoms with van der Waals surface area (Å²) in [4.78, 5) is 31.8. The largest absolute Gasteiger partial charge is 0.379 e. The zero-order valence-corrected chi connectivity index (χ0v) is 21.9. The molecule has 0 bridgehead atoms. The van der Waals surface area contributed by atoms with Crippen LogP contribution in [0.1, 0.15) is 55.4 Å². The van der Waals surface area contributed by atoms with Crippen LogP contribution in [0.2, 0.25) is 0 Å². The number of morpholine rings is 1. The lowest BCUT2D eigenvalue weighted by Gasteiger charge is -2.42. The van der Waals surface area contributed by atoms with Gasteiger partial charge in [-0.1, -0.05) is 19.3 Å². The minimum absolute atomic E-state index is 0.0278. The maximum atomic E-state index is 12.7. The molecule has 0 atom stereocenters. The van der Waals surface area contributed by atoms with Gasteiger partial charge in [-0.3, -0.25) is 9.69 Å². The highest BCUT2D eigenvalue weighted by atomic mass is 16.5. The van der Waals surface area contributed by atoms with Crippen molar-refractivity contribution in [1.82, 2.24) is 29.7 Å². The van der Waals surface area contributed by atoms with E-state index in [1.54, 1.807) is 0 Å². The van der Waals surface area contributed by atoms with Gasteiger partial charge in [0.05, 0.1) is 30.6 Å². The molecule has 38 heavy (non-hydrogen) atoms. The number of aromatic nitrogens is 4. The molecule has 0 aromatic carbocycles. The molecule has 3 aliphatic heterocycles. The van der Waals surface area contributed by atoms with E-state index in [0.29, 0.717) is 30.0 Å². The van der Waals surface area contributed by atoms with Crippen LogP contribution < -0.4 is 15.5 Å². The lowest BCUT2D eigenvalue weighted by molar-refractivity contribution is 0.0115. The zero-order chi connectivity index (χ0) is 25.5. The van der Waals surface area contributed by atoms with Crippen LogP contribution in [0, 0.1) is 0 Å². The van der Waals surface area contributed by atoms with E-state index in [1.807, 2.05) is 24.5 Å². The van der Waals surface area contributed by atoms with Crippen LogP contribution in [0.4, 0.5) is 17.5 Å². The number of hydrogen-bond acceptors (Lipinski definition) is 8. The fourth-order valence-electron chi connectivity index (χ4n) is 6.91. The van der Waals surface area contributed by atoms with Crippen molar-refractivity contribution in [2.24, 2.45) is 0 Å². The summed E-state index contributed by atoms with van der Waals surface area (Å²) < 4.78 is 7.71. The first-order chi connectivity index (χ1) is 18.7. The van der Waals surface area contributed by atoms with E-state index in [1.165, 1.54) is 32.1 Å². The molecule has 3 aromatic heterocycles. The maximum absolute atomic E-state index is 12.7. The molecule has 0 unspecified atom stereocenters. The van der Waals surface area contributed by atoms with Gasteiger partial charge in [0.2, 0.25) is 5.95 Å². The fourth-order valence-corrected chi connectivity index (χ4v) is 6.91. The van der Waals surface area contributed by atoms with Gasteiger partial charge in [0.1, 0.15) is 17.2 Å². The van der Waals surface area contributed by atoms with Gasteiger partial charge in [-0.2, -0.15) is 4.98 Å². The molecule has 1 aliphatic carbocycles. The summed E-state index contributed by atoms with van der Waals surface area (Å²) >= 11 is 0. The van der Waals surface area contributed by atoms with Crippen molar-refractivity contribution in [1.29, 1.82) is 0 Å². The number of hydrogen-bond donors (Lipinski definition) is 2. The van der Waals surface area contributed by atoms with Gasteiger partial charge in [0.15, 0.2) is 0 Å². The van der Waals surface area contributed by atoms with Gasteiger partial charge in [0.25, 0.3) is 5.91 Å². The first kappa shape index (κ1) is 23.8. The molecule has 4 aliphatic rings. The number of carbonyl (C=O) groups excluding carboxylic acids is 1.